The second-order valence-electron chi connectivity index (χ2n) is 4.88. The van der Waals surface area contributed by atoms with Gasteiger partial charge in [-0.25, -0.2) is 12.7 Å². The predicted molar refractivity (Wildman–Crippen MR) is 78.8 cm³/mol. The van der Waals surface area contributed by atoms with Crippen molar-refractivity contribution < 1.29 is 13.2 Å². The van der Waals surface area contributed by atoms with Gasteiger partial charge in [0, 0.05) is 32.2 Å². The minimum atomic E-state index is -3.44. The third-order valence-corrected chi connectivity index (χ3v) is 4.57. The Morgan fingerprint density at radius 1 is 1.30 bits per heavy atom. The van der Waals surface area contributed by atoms with Crippen molar-refractivity contribution in [3.05, 3.63) is 24.3 Å². The van der Waals surface area contributed by atoms with E-state index in [1.807, 2.05) is 6.92 Å². The number of nitrogens with zero attached hydrogens (tertiary/aromatic N) is 1. The summed E-state index contributed by atoms with van der Waals surface area (Å²) in [6.45, 7) is 1.84. The van der Waals surface area contributed by atoms with E-state index in [4.69, 9.17) is 5.73 Å². The topological polar surface area (TPSA) is 92.5 Å². The van der Waals surface area contributed by atoms with Gasteiger partial charge in [-0.2, -0.15) is 0 Å². The van der Waals surface area contributed by atoms with Crippen molar-refractivity contribution in [1.82, 2.24) is 4.31 Å². The van der Waals surface area contributed by atoms with Gasteiger partial charge < -0.3 is 11.1 Å². The molecule has 112 valence electrons. The maximum Gasteiger partial charge on any atom is 0.242 e. The van der Waals surface area contributed by atoms with Crippen LogP contribution in [0.15, 0.2) is 29.2 Å². The van der Waals surface area contributed by atoms with E-state index in [1.54, 1.807) is 12.1 Å². The highest BCUT2D eigenvalue weighted by molar-refractivity contribution is 7.89. The summed E-state index contributed by atoms with van der Waals surface area (Å²) in [6.07, 6.45) is 0.953. The number of carbonyl (C=O) groups is 1. The van der Waals surface area contributed by atoms with Crippen LogP contribution in [0, 0.1) is 0 Å². The molecule has 0 aliphatic carbocycles. The number of hydrogen-bond acceptors (Lipinski definition) is 4. The van der Waals surface area contributed by atoms with Crippen LogP contribution >= 0.6 is 0 Å². The molecule has 3 N–H and O–H groups in total. The van der Waals surface area contributed by atoms with E-state index in [-0.39, 0.29) is 16.8 Å². The quantitative estimate of drug-likeness (QED) is 0.819. The van der Waals surface area contributed by atoms with Gasteiger partial charge in [-0.3, -0.25) is 4.79 Å². The maximum absolute atomic E-state index is 11.9. The summed E-state index contributed by atoms with van der Waals surface area (Å²) in [4.78, 5) is 11.8. The molecule has 0 aliphatic heterocycles. The number of rotatable bonds is 6. The molecular weight excluding hydrogens is 278 g/mol. The maximum atomic E-state index is 11.9. The number of anilines is 1. The number of nitrogens with one attached hydrogen (secondary N) is 1. The molecule has 0 spiro atoms. The Bertz CT molecular complexity index is 551. The highest BCUT2D eigenvalue weighted by Gasteiger charge is 2.16. The van der Waals surface area contributed by atoms with E-state index in [0.29, 0.717) is 18.5 Å². The van der Waals surface area contributed by atoms with Gasteiger partial charge in [0.15, 0.2) is 0 Å². The molecular formula is C13H21N3O3S. The van der Waals surface area contributed by atoms with Crippen LogP contribution in [-0.4, -0.2) is 38.8 Å². The zero-order valence-electron chi connectivity index (χ0n) is 12.0. The molecule has 1 aromatic rings. The van der Waals surface area contributed by atoms with Gasteiger partial charge in [0.1, 0.15) is 0 Å². The van der Waals surface area contributed by atoms with Gasteiger partial charge in [-0.1, -0.05) is 0 Å². The first-order valence-electron chi connectivity index (χ1n) is 6.31. The van der Waals surface area contributed by atoms with E-state index in [9.17, 15) is 13.2 Å². The molecule has 1 amide bonds. The van der Waals surface area contributed by atoms with Gasteiger partial charge >= 0.3 is 0 Å². The van der Waals surface area contributed by atoms with Crippen molar-refractivity contribution in [2.75, 3.05) is 19.4 Å². The molecule has 1 rings (SSSR count). The third-order valence-electron chi connectivity index (χ3n) is 2.74. The Morgan fingerprint density at radius 2 is 1.85 bits per heavy atom. The second kappa shape index (κ2) is 6.83. The minimum absolute atomic E-state index is 0.0200. The zero-order chi connectivity index (χ0) is 15.3. The molecule has 0 radical (unpaired) electrons. The lowest BCUT2D eigenvalue weighted by atomic mass is 10.2. The number of benzene rings is 1. The summed E-state index contributed by atoms with van der Waals surface area (Å²) in [5.74, 6) is -0.134. The Morgan fingerprint density at radius 3 is 2.30 bits per heavy atom. The summed E-state index contributed by atoms with van der Waals surface area (Å²) >= 11 is 0. The average molecular weight is 299 g/mol. The molecule has 7 heteroatoms. The Hall–Kier alpha value is -1.44. The summed E-state index contributed by atoms with van der Waals surface area (Å²) in [7, 11) is -0.497. The Balaban J connectivity index is 2.71. The fourth-order valence-corrected chi connectivity index (χ4v) is 2.40. The van der Waals surface area contributed by atoms with E-state index < -0.39 is 10.0 Å². The monoisotopic (exact) mass is 299 g/mol. The van der Waals surface area contributed by atoms with Gasteiger partial charge in [0.05, 0.1) is 4.90 Å². The lowest BCUT2D eigenvalue weighted by Crippen LogP contribution is -2.22. The van der Waals surface area contributed by atoms with E-state index >= 15 is 0 Å². The fourth-order valence-electron chi connectivity index (χ4n) is 1.50. The van der Waals surface area contributed by atoms with Crippen LogP contribution in [0.4, 0.5) is 5.69 Å². The van der Waals surface area contributed by atoms with Gasteiger partial charge in [-0.05, 0) is 37.6 Å². The number of amides is 1. The van der Waals surface area contributed by atoms with Crippen molar-refractivity contribution in [2.45, 2.75) is 30.7 Å². The number of nitrogens with two attached hydrogens (primary N) is 1. The van der Waals surface area contributed by atoms with Crippen molar-refractivity contribution in [3.8, 4) is 0 Å². The molecule has 0 saturated heterocycles. The highest BCUT2D eigenvalue weighted by Crippen LogP contribution is 2.16. The summed E-state index contributed by atoms with van der Waals surface area (Å²) in [6, 6.07) is 6.06. The number of sulfonamides is 1. The molecule has 0 aromatic heterocycles. The van der Waals surface area contributed by atoms with Crippen LogP contribution < -0.4 is 11.1 Å². The van der Waals surface area contributed by atoms with Crippen LogP contribution in [-0.2, 0) is 14.8 Å². The fraction of sp³-hybridized carbons (Fsp3) is 0.462. The average Bonchev–Trinajstić information content (AvgIpc) is 2.37. The summed E-state index contributed by atoms with van der Waals surface area (Å²) in [5, 5.41) is 2.70. The van der Waals surface area contributed by atoms with Crippen molar-refractivity contribution in [1.29, 1.82) is 0 Å². The van der Waals surface area contributed by atoms with Crippen molar-refractivity contribution in [3.63, 3.8) is 0 Å². The second-order valence-corrected chi connectivity index (χ2v) is 7.03. The zero-order valence-corrected chi connectivity index (χ0v) is 12.8. The van der Waals surface area contributed by atoms with Crippen LogP contribution in [0.3, 0.4) is 0 Å². The SMILES string of the molecule is CC(N)CCC(=O)Nc1ccc(S(=O)(=O)N(C)C)cc1. The van der Waals surface area contributed by atoms with E-state index in [1.165, 1.54) is 26.2 Å². The predicted octanol–water partition coefficient (Wildman–Crippen LogP) is 1.00. The van der Waals surface area contributed by atoms with Crippen molar-refractivity contribution >= 4 is 21.6 Å². The van der Waals surface area contributed by atoms with E-state index in [2.05, 4.69) is 5.32 Å². The molecule has 6 nitrogen and oxygen atoms in total. The molecule has 0 saturated carbocycles. The highest BCUT2D eigenvalue weighted by atomic mass is 32.2. The Labute approximate surface area is 120 Å². The smallest absolute Gasteiger partial charge is 0.242 e. The first kappa shape index (κ1) is 16.6. The first-order chi connectivity index (χ1) is 9.23. The third kappa shape index (κ3) is 4.59. The lowest BCUT2D eigenvalue weighted by molar-refractivity contribution is -0.116. The molecule has 1 unspecified atom stereocenters. The van der Waals surface area contributed by atoms with Crippen LogP contribution in [0.1, 0.15) is 19.8 Å². The molecule has 1 atom stereocenters. The molecule has 0 fully saturated rings. The van der Waals surface area contributed by atoms with Crippen LogP contribution in [0.2, 0.25) is 0 Å². The summed E-state index contributed by atoms with van der Waals surface area (Å²) in [5.41, 5.74) is 6.15. The van der Waals surface area contributed by atoms with Gasteiger partial charge in [-0.15, -0.1) is 0 Å². The number of hydrogen-bond donors (Lipinski definition) is 2. The van der Waals surface area contributed by atoms with E-state index in [0.717, 1.165) is 4.31 Å². The molecule has 0 bridgehead atoms. The molecule has 0 heterocycles. The minimum Gasteiger partial charge on any atom is -0.328 e. The summed E-state index contributed by atoms with van der Waals surface area (Å²) < 4.78 is 24.9. The Kier molecular flexibility index (Phi) is 5.67. The molecule has 1 aromatic carbocycles. The molecule has 0 aliphatic rings. The normalized spacial score (nSPS) is 13.2. The standard InChI is InChI=1S/C13H21N3O3S/c1-10(14)4-9-13(17)15-11-5-7-12(8-6-11)20(18,19)16(2)3/h5-8,10H,4,9,14H2,1-3H3,(H,15,17). The van der Waals surface area contributed by atoms with Crippen LogP contribution in [0.25, 0.3) is 0 Å². The van der Waals surface area contributed by atoms with Crippen molar-refractivity contribution in [2.24, 2.45) is 5.73 Å². The first-order valence-corrected chi connectivity index (χ1v) is 7.75. The lowest BCUT2D eigenvalue weighted by Gasteiger charge is -2.12. The van der Waals surface area contributed by atoms with Crippen LogP contribution in [0.5, 0.6) is 0 Å². The van der Waals surface area contributed by atoms with Gasteiger partial charge in [0.25, 0.3) is 0 Å². The van der Waals surface area contributed by atoms with Gasteiger partial charge in [0.2, 0.25) is 15.9 Å². The molecule has 20 heavy (non-hydrogen) atoms. The number of carbonyl (C=O) groups excluding carboxylic acids is 1. The largest absolute Gasteiger partial charge is 0.328 e.